The summed E-state index contributed by atoms with van der Waals surface area (Å²) in [7, 11) is 2.10. The van der Waals surface area contributed by atoms with E-state index in [9.17, 15) is 0 Å². The molecule has 1 saturated heterocycles. The summed E-state index contributed by atoms with van der Waals surface area (Å²) in [6, 6.07) is 0.778. The van der Waals surface area contributed by atoms with Crippen molar-refractivity contribution in [2.24, 2.45) is 5.41 Å². The van der Waals surface area contributed by atoms with Crippen molar-refractivity contribution in [3.8, 4) is 0 Å². The number of nitrogens with zero attached hydrogens (tertiary/aromatic N) is 1. The van der Waals surface area contributed by atoms with E-state index in [0.717, 1.165) is 6.04 Å². The average molecular weight is 283 g/mol. The fourth-order valence-corrected chi connectivity index (χ4v) is 3.78. The molecule has 0 aromatic rings. The van der Waals surface area contributed by atoms with Gasteiger partial charge in [-0.3, -0.25) is 0 Å². The molecule has 1 heterocycles. The molecule has 1 aliphatic rings. The number of nitrogens with one attached hydrogen (secondary N) is 1. The normalized spacial score (nSPS) is 25.8. The van der Waals surface area contributed by atoms with Crippen molar-refractivity contribution >= 4 is 0 Å². The zero-order chi connectivity index (χ0) is 14.8. The molecule has 20 heavy (non-hydrogen) atoms. The zero-order valence-electron chi connectivity index (χ0n) is 14.5. The van der Waals surface area contributed by atoms with Crippen LogP contribution in [0.2, 0.25) is 0 Å². The second kappa shape index (κ2) is 9.78. The number of piperidine rings is 1. The van der Waals surface area contributed by atoms with Crippen molar-refractivity contribution in [1.82, 2.24) is 10.2 Å². The minimum Gasteiger partial charge on any atom is -0.319 e. The van der Waals surface area contributed by atoms with Crippen LogP contribution in [0, 0.1) is 5.41 Å². The van der Waals surface area contributed by atoms with Crippen LogP contribution >= 0.6 is 0 Å². The van der Waals surface area contributed by atoms with Gasteiger partial charge >= 0.3 is 0 Å². The first-order chi connectivity index (χ1) is 9.67. The Morgan fingerprint density at radius 2 is 1.90 bits per heavy atom. The molecule has 2 atom stereocenters. The van der Waals surface area contributed by atoms with E-state index in [1.807, 2.05) is 0 Å². The summed E-state index contributed by atoms with van der Waals surface area (Å²) in [5.74, 6) is 0. The van der Waals surface area contributed by atoms with Crippen molar-refractivity contribution in [3.05, 3.63) is 0 Å². The SMILES string of the molecule is CCCCCCCC(C)N1CCCC(CC)(CNC)C1. The van der Waals surface area contributed by atoms with Gasteiger partial charge in [-0.1, -0.05) is 46.0 Å². The van der Waals surface area contributed by atoms with Crippen molar-refractivity contribution in [2.45, 2.75) is 84.6 Å². The Labute approximate surface area is 127 Å². The van der Waals surface area contributed by atoms with Crippen LogP contribution in [0.4, 0.5) is 0 Å². The Balaban J connectivity index is 2.33. The van der Waals surface area contributed by atoms with Gasteiger partial charge in [0, 0.05) is 19.1 Å². The molecule has 1 fully saturated rings. The standard InChI is InChI=1S/C18H38N2/c1-5-7-8-9-10-12-17(3)20-14-11-13-18(6-2,16-20)15-19-4/h17,19H,5-16H2,1-4H3. The van der Waals surface area contributed by atoms with Crippen LogP contribution in [0.5, 0.6) is 0 Å². The number of hydrogen-bond donors (Lipinski definition) is 1. The zero-order valence-corrected chi connectivity index (χ0v) is 14.5. The Kier molecular flexibility index (Phi) is 8.79. The first-order valence-corrected chi connectivity index (χ1v) is 9.06. The van der Waals surface area contributed by atoms with E-state index in [0.29, 0.717) is 5.41 Å². The predicted molar refractivity (Wildman–Crippen MR) is 90.3 cm³/mol. The monoisotopic (exact) mass is 282 g/mol. The van der Waals surface area contributed by atoms with Crippen LogP contribution in [0.25, 0.3) is 0 Å². The summed E-state index contributed by atoms with van der Waals surface area (Å²) < 4.78 is 0. The van der Waals surface area contributed by atoms with Gasteiger partial charge in [0.05, 0.1) is 0 Å². The molecular formula is C18H38N2. The van der Waals surface area contributed by atoms with Gasteiger partial charge in [0.25, 0.3) is 0 Å². The van der Waals surface area contributed by atoms with E-state index in [-0.39, 0.29) is 0 Å². The van der Waals surface area contributed by atoms with Gasteiger partial charge in [0.15, 0.2) is 0 Å². The summed E-state index contributed by atoms with van der Waals surface area (Å²) in [6.45, 7) is 10.9. The lowest BCUT2D eigenvalue weighted by molar-refractivity contribution is 0.0546. The second-order valence-electron chi connectivity index (χ2n) is 7.01. The molecule has 0 aromatic carbocycles. The largest absolute Gasteiger partial charge is 0.319 e. The molecule has 0 aromatic heterocycles. The summed E-state index contributed by atoms with van der Waals surface area (Å²) in [4.78, 5) is 2.77. The van der Waals surface area contributed by atoms with Gasteiger partial charge in [-0.05, 0) is 51.6 Å². The third kappa shape index (κ3) is 5.73. The molecule has 2 unspecified atom stereocenters. The van der Waals surface area contributed by atoms with Crippen molar-refractivity contribution in [1.29, 1.82) is 0 Å². The highest BCUT2D eigenvalue weighted by molar-refractivity contribution is 4.89. The minimum atomic E-state index is 0.531. The van der Waals surface area contributed by atoms with Crippen LogP contribution in [0.15, 0.2) is 0 Å². The lowest BCUT2D eigenvalue weighted by Crippen LogP contribution is -2.50. The summed E-state index contributed by atoms with van der Waals surface area (Å²) in [5, 5.41) is 3.43. The average Bonchev–Trinajstić information content (AvgIpc) is 2.47. The van der Waals surface area contributed by atoms with Crippen LogP contribution in [0.1, 0.15) is 78.6 Å². The fourth-order valence-electron chi connectivity index (χ4n) is 3.78. The van der Waals surface area contributed by atoms with E-state index in [1.165, 1.54) is 77.4 Å². The maximum absolute atomic E-state index is 3.43. The highest BCUT2D eigenvalue weighted by Crippen LogP contribution is 2.34. The molecule has 1 rings (SSSR count). The van der Waals surface area contributed by atoms with Crippen LogP contribution < -0.4 is 5.32 Å². The van der Waals surface area contributed by atoms with Gasteiger partial charge in [0.2, 0.25) is 0 Å². The quantitative estimate of drug-likeness (QED) is 0.596. The molecule has 2 nitrogen and oxygen atoms in total. The van der Waals surface area contributed by atoms with Gasteiger partial charge in [-0.2, -0.15) is 0 Å². The van der Waals surface area contributed by atoms with Crippen molar-refractivity contribution in [3.63, 3.8) is 0 Å². The lowest BCUT2D eigenvalue weighted by Gasteiger charge is -2.45. The fraction of sp³-hybridized carbons (Fsp3) is 1.00. The molecule has 0 aliphatic carbocycles. The molecule has 0 saturated carbocycles. The number of hydrogen-bond acceptors (Lipinski definition) is 2. The highest BCUT2D eigenvalue weighted by Gasteiger charge is 2.34. The summed E-state index contributed by atoms with van der Waals surface area (Å²) in [6.07, 6.45) is 12.5. The van der Waals surface area contributed by atoms with Crippen molar-refractivity contribution < 1.29 is 0 Å². The second-order valence-corrected chi connectivity index (χ2v) is 7.01. The first kappa shape index (κ1) is 18.0. The van der Waals surface area contributed by atoms with Gasteiger partial charge in [0.1, 0.15) is 0 Å². The smallest absolute Gasteiger partial charge is 0.00671 e. The predicted octanol–water partition coefficient (Wildman–Crippen LogP) is 4.45. The number of likely N-dealkylation sites (tertiary alicyclic amines) is 1. The molecule has 2 heteroatoms. The highest BCUT2D eigenvalue weighted by atomic mass is 15.2. The Morgan fingerprint density at radius 1 is 1.15 bits per heavy atom. The maximum atomic E-state index is 3.43. The molecule has 0 bridgehead atoms. The van der Waals surface area contributed by atoms with Crippen molar-refractivity contribution in [2.75, 3.05) is 26.7 Å². The van der Waals surface area contributed by atoms with Gasteiger partial charge in [-0.25, -0.2) is 0 Å². The Bertz CT molecular complexity index is 238. The summed E-state index contributed by atoms with van der Waals surface area (Å²) in [5.41, 5.74) is 0.531. The number of unbranched alkanes of at least 4 members (excludes halogenated alkanes) is 4. The van der Waals surface area contributed by atoms with Crippen LogP contribution in [-0.4, -0.2) is 37.6 Å². The third-order valence-corrected chi connectivity index (χ3v) is 5.34. The van der Waals surface area contributed by atoms with Crippen LogP contribution in [-0.2, 0) is 0 Å². The third-order valence-electron chi connectivity index (χ3n) is 5.34. The maximum Gasteiger partial charge on any atom is 0.00671 e. The molecule has 0 amide bonds. The van der Waals surface area contributed by atoms with E-state index >= 15 is 0 Å². The molecule has 120 valence electrons. The molecule has 0 spiro atoms. The van der Waals surface area contributed by atoms with E-state index in [4.69, 9.17) is 0 Å². The minimum absolute atomic E-state index is 0.531. The Hall–Kier alpha value is -0.0800. The topological polar surface area (TPSA) is 15.3 Å². The van der Waals surface area contributed by atoms with Crippen LogP contribution in [0.3, 0.4) is 0 Å². The molecular weight excluding hydrogens is 244 g/mol. The van der Waals surface area contributed by atoms with Gasteiger partial charge < -0.3 is 10.2 Å². The molecule has 1 N–H and O–H groups in total. The Morgan fingerprint density at radius 3 is 2.55 bits per heavy atom. The van der Waals surface area contributed by atoms with E-state index < -0.39 is 0 Å². The van der Waals surface area contributed by atoms with E-state index in [1.54, 1.807) is 0 Å². The first-order valence-electron chi connectivity index (χ1n) is 9.06. The van der Waals surface area contributed by atoms with Gasteiger partial charge in [-0.15, -0.1) is 0 Å². The molecule has 1 aliphatic heterocycles. The summed E-state index contributed by atoms with van der Waals surface area (Å²) >= 11 is 0. The van der Waals surface area contributed by atoms with E-state index in [2.05, 4.69) is 38.0 Å². The molecule has 0 radical (unpaired) electrons. The number of rotatable bonds is 10. The lowest BCUT2D eigenvalue weighted by atomic mass is 9.77.